The molecular formula is C29H29NO. The molecular weight excluding hydrogens is 378 g/mol. The highest BCUT2D eigenvalue weighted by atomic mass is 16.3. The maximum atomic E-state index is 11.1. The highest BCUT2D eigenvalue weighted by Gasteiger charge is 2.51. The highest BCUT2D eigenvalue weighted by molar-refractivity contribution is 5.62. The van der Waals surface area contributed by atoms with Crippen LogP contribution in [0.2, 0.25) is 0 Å². The third-order valence-electron chi connectivity index (χ3n) is 7.43. The summed E-state index contributed by atoms with van der Waals surface area (Å²) in [7, 11) is 0. The van der Waals surface area contributed by atoms with E-state index in [1.807, 2.05) is 25.3 Å². The van der Waals surface area contributed by atoms with Gasteiger partial charge in [-0.3, -0.25) is 4.98 Å². The summed E-state index contributed by atoms with van der Waals surface area (Å²) in [4.78, 5) is 4.56. The lowest BCUT2D eigenvalue weighted by molar-refractivity contribution is -0.00800. The fourth-order valence-corrected chi connectivity index (χ4v) is 6.02. The van der Waals surface area contributed by atoms with E-state index in [9.17, 15) is 5.11 Å². The van der Waals surface area contributed by atoms with Crippen LogP contribution in [-0.4, -0.2) is 15.7 Å². The summed E-state index contributed by atoms with van der Waals surface area (Å²) in [6, 6.07) is 23.9. The minimum atomic E-state index is -0.842. The molecule has 2 aliphatic carbocycles. The minimum Gasteiger partial charge on any atom is -0.378 e. The van der Waals surface area contributed by atoms with Crippen LogP contribution in [0.25, 0.3) is 11.3 Å². The number of hydrogen-bond donors (Lipinski definition) is 1. The molecule has 2 aromatic carbocycles. The summed E-state index contributed by atoms with van der Waals surface area (Å²) in [6.07, 6.45) is 7.49. The molecule has 0 amide bonds. The number of hydrogen-bond acceptors (Lipinski definition) is 2. The first-order chi connectivity index (χ1) is 15.1. The van der Waals surface area contributed by atoms with Crippen LogP contribution in [0.15, 0.2) is 72.9 Å². The number of benzene rings is 2. The molecule has 3 aromatic rings. The van der Waals surface area contributed by atoms with Crippen molar-refractivity contribution in [2.45, 2.75) is 56.5 Å². The number of fused-ring (bicyclic) bond motifs is 3. The number of aryl methyl sites for hydroxylation is 1. The molecule has 1 heterocycles. The molecule has 156 valence electrons. The Labute approximate surface area is 185 Å². The average Bonchev–Trinajstić information content (AvgIpc) is 2.80. The van der Waals surface area contributed by atoms with Crippen LogP contribution in [-0.2, 0) is 18.3 Å². The number of rotatable bonds is 3. The van der Waals surface area contributed by atoms with Gasteiger partial charge < -0.3 is 5.11 Å². The van der Waals surface area contributed by atoms with E-state index in [-0.39, 0.29) is 5.41 Å². The van der Waals surface area contributed by atoms with E-state index in [4.69, 9.17) is 0 Å². The van der Waals surface area contributed by atoms with E-state index in [2.05, 4.69) is 71.4 Å². The van der Waals surface area contributed by atoms with Gasteiger partial charge in [0.15, 0.2) is 0 Å². The largest absolute Gasteiger partial charge is 0.378 e. The summed E-state index contributed by atoms with van der Waals surface area (Å²) in [6.45, 7) is 1.83. The molecule has 0 bridgehead atoms. The Balaban J connectivity index is 1.59. The molecule has 5 rings (SSSR count). The van der Waals surface area contributed by atoms with Crippen molar-refractivity contribution in [3.8, 4) is 23.1 Å². The molecule has 0 aliphatic heterocycles. The van der Waals surface area contributed by atoms with E-state index in [0.29, 0.717) is 5.92 Å². The van der Waals surface area contributed by atoms with Crippen LogP contribution < -0.4 is 0 Å². The quantitative estimate of drug-likeness (QED) is 0.563. The molecule has 1 aromatic heterocycles. The fraction of sp³-hybridized carbons (Fsp3) is 0.345. The van der Waals surface area contributed by atoms with E-state index < -0.39 is 5.60 Å². The van der Waals surface area contributed by atoms with Gasteiger partial charge in [-0.15, -0.1) is 5.92 Å². The zero-order valence-corrected chi connectivity index (χ0v) is 18.1. The molecule has 2 nitrogen and oxygen atoms in total. The first-order valence-electron chi connectivity index (χ1n) is 11.4. The van der Waals surface area contributed by atoms with Crippen LogP contribution >= 0.6 is 0 Å². The van der Waals surface area contributed by atoms with Crippen LogP contribution in [0, 0.1) is 17.8 Å². The van der Waals surface area contributed by atoms with Gasteiger partial charge in [-0.1, -0.05) is 54.5 Å². The van der Waals surface area contributed by atoms with Gasteiger partial charge in [0.05, 0.1) is 5.69 Å². The second-order valence-corrected chi connectivity index (χ2v) is 9.25. The predicted molar refractivity (Wildman–Crippen MR) is 126 cm³/mol. The van der Waals surface area contributed by atoms with Crippen molar-refractivity contribution >= 4 is 0 Å². The summed E-state index contributed by atoms with van der Waals surface area (Å²) < 4.78 is 0. The zero-order chi connectivity index (χ0) is 21.3. The normalized spacial score (nSPS) is 26.8. The standard InChI is InChI=1S/C29H29NO/c1-2-15-28(31)16-17-29(20-22-8-4-3-5-9-22)25(21-28)13-11-23-19-24(12-14-26(23)29)27-10-6-7-18-30-27/h3-10,12,14,18-19,25,31H,11,13,16-17,20-21H2,1H3/t25-,28-,29+/m1/s1. The van der Waals surface area contributed by atoms with E-state index in [1.165, 1.54) is 22.3 Å². The Kier molecular flexibility index (Phi) is 5.16. The molecule has 1 fully saturated rings. The maximum absolute atomic E-state index is 11.1. The smallest absolute Gasteiger partial charge is 0.125 e. The average molecular weight is 408 g/mol. The van der Waals surface area contributed by atoms with Crippen LogP contribution in [0.4, 0.5) is 0 Å². The third-order valence-corrected chi connectivity index (χ3v) is 7.43. The van der Waals surface area contributed by atoms with E-state index >= 15 is 0 Å². The van der Waals surface area contributed by atoms with Crippen LogP contribution in [0.5, 0.6) is 0 Å². The molecule has 0 spiro atoms. The number of aliphatic hydroxyl groups is 1. The number of aromatic nitrogens is 1. The van der Waals surface area contributed by atoms with Crippen molar-refractivity contribution in [2.24, 2.45) is 5.92 Å². The molecule has 31 heavy (non-hydrogen) atoms. The molecule has 2 heteroatoms. The van der Waals surface area contributed by atoms with Crippen molar-refractivity contribution in [1.29, 1.82) is 0 Å². The third kappa shape index (κ3) is 3.68. The lowest BCUT2D eigenvalue weighted by Gasteiger charge is -2.52. The van der Waals surface area contributed by atoms with Crippen molar-refractivity contribution in [3.05, 3.63) is 89.6 Å². The second-order valence-electron chi connectivity index (χ2n) is 9.25. The van der Waals surface area contributed by atoms with Gasteiger partial charge in [-0.25, -0.2) is 0 Å². The lowest BCUT2D eigenvalue weighted by atomic mass is 9.52. The lowest BCUT2D eigenvalue weighted by Crippen LogP contribution is -2.50. The Morgan fingerprint density at radius 1 is 1.03 bits per heavy atom. The molecule has 1 saturated carbocycles. The van der Waals surface area contributed by atoms with E-state index in [0.717, 1.165) is 44.2 Å². The molecule has 0 radical (unpaired) electrons. The summed E-state index contributed by atoms with van der Waals surface area (Å²) >= 11 is 0. The first-order valence-corrected chi connectivity index (χ1v) is 11.4. The van der Waals surface area contributed by atoms with Gasteiger partial charge in [-0.2, -0.15) is 0 Å². The Bertz CT molecular complexity index is 1130. The van der Waals surface area contributed by atoms with Gasteiger partial charge in [-0.05, 0) is 86.3 Å². The van der Waals surface area contributed by atoms with Crippen LogP contribution in [0.1, 0.15) is 49.3 Å². The Morgan fingerprint density at radius 2 is 1.87 bits per heavy atom. The number of nitrogens with zero attached hydrogens (tertiary/aromatic N) is 1. The van der Waals surface area contributed by atoms with Gasteiger partial charge >= 0.3 is 0 Å². The second kappa shape index (κ2) is 7.98. The SMILES string of the molecule is CC#C[C@@]1(O)CC[C@@]2(Cc3ccccc3)c3ccc(-c4ccccn4)cc3CC[C@@H]2C1. The van der Waals surface area contributed by atoms with Crippen molar-refractivity contribution in [3.63, 3.8) is 0 Å². The molecule has 1 N–H and O–H groups in total. The maximum Gasteiger partial charge on any atom is 0.125 e. The van der Waals surface area contributed by atoms with Gasteiger partial charge in [0, 0.05) is 17.2 Å². The van der Waals surface area contributed by atoms with Gasteiger partial charge in [0.1, 0.15) is 5.60 Å². The molecule has 0 saturated heterocycles. The zero-order valence-electron chi connectivity index (χ0n) is 18.1. The summed E-state index contributed by atoms with van der Waals surface area (Å²) in [5.41, 5.74) is 5.73. The highest BCUT2D eigenvalue weighted by Crippen LogP contribution is 2.54. The van der Waals surface area contributed by atoms with Crippen molar-refractivity contribution in [1.82, 2.24) is 4.98 Å². The van der Waals surface area contributed by atoms with Crippen LogP contribution in [0.3, 0.4) is 0 Å². The van der Waals surface area contributed by atoms with Gasteiger partial charge in [0.2, 0.25) is 0 Å². The summed E-state index contributed by atoms with van der Waals surface area (Å²) in [5, 5.41) is 11.1. The first kappa shape index (κ1) is 20.0. The van der Waals surface area contributed by atoms with Gasteiger partial charge in [0.25, 0.3) is 0 Å². The molecule has 3 atom stereocenters. The molecule has 2 aliphatic rings. The molecule has 0 unspecified atom stereocenters. The Hall–Kier alpha value is -2.89. The predicted octanol–water partition coefficient (Wildman–Crippen LogP) is 5.73. The monoisotopic (exact) mass is 407 g/mol. The number of pyridine rings is 1. The van der Waals surface area contributed by atoms with Crippen molar-refractivity contribution in [2.75, 3.05) is 0 Å². The minimum absolute atomic E-state index is 0.0548. The van der Waals surface area contributed by atoms with Crippen molar-refractivity contribution < 1.29 is 5.11 Å². The fourth-order valence-electron chi connectivity index (χ4n) is 6.02. The van der Waals surface area contributed by atoms with E-state index in [1.54, 1.807) is 0 Å². The topological polar surface area (TPSA) is 33.1 Å². The Morgan fingerprint density at radius 3 is 2.65 bits per heavy atom. The summed E-state index contributed by atoms with van der Waals surface area (Å²) in [5.74, 6) is 6.53.